The van der Waals surface area contributed by atoms with E-state index in [0.29, 0.717) is 17.6 Å². The fraction of sp³-hybridized carbons (Fsp3) is 0.571. The number of ether oxygens (including phenoxy) is 1. The Balaban J connectivity index is 2.10. The molecule has 0 aliphatic carbocycles. The Morgan fingerprint density at radius 1 is 1.77 bits per heavy atom. The molecular formula is C7H8ClN3O2. The molecule has 0 bridgehead atoms. The van der Waals surface area contributed by atoms with E-state index in [1.165, 1.54) is 6.20 Å². The predicted molar refractivity (Wildman–Crippen MR) is 47.0 cm³/mol. The van der Waals surface area contributed by atoms with Gasteiger partial charge in [0.05, 0.1) is 19.4 Å². The van der Waals surface area contributed by atoms with E-state index in [1.807, 2.05) is 0 Å². The summed E-state index contributed by atoms with van der Waals surface area (Å²) in [5.74, 6) is 0.455. The molecule has 1 aliphatic rings. The van der Waals surface area contributed by atoms with Crippen molar-refractivity contribution < 1.29 is 4.74 Å². The number of halogens is 1. The molecule has 2 heterocycles. The second-order valence-electron chi connectivity index (χ2n) is 3.00. The summed E-state index contributed by atoms with van der Waals surface area (Å²) >= 11 is 5.82. The normalized spacial score (nSPS) is 17.0. The van der Waals surface area contributed by atoms with Crippen LogP contribution in [-0.2, 0) is 11.3 Å². The molecule has 2 rings (SSSR count). The largest absolute Gasteiger partial charge is 0.381 e. The maximum Gasteiger partial charge on any atom is 0.164 e. The number of nitroso groups, excluding NO2 is 1. The van der Waals surface area contributed by atoms with Crippen molar-refractivity contribution in [3.05, 3.63) is 16.3 Å². The minimum Gasteiger partial charge on any atom is -0.381 e. The maximum atomic E-state index is 10.2. The summed E-state index contributed by atoms with van der Waals surface area (Å²) in [7, 11) is 0. The second-order valence-corrected chi connectivity index (χ2v) is 3.36. The number of hydrogen-bond donors (Lipinski definition) is 0. The van der Waals surface area contributed by atoms with E-state index in [-0.39, 0.29) is 5.69 Å². The van der Waals surface area contributed by atoms with Crippen molar-refractivity contribution in [3.8, 4) is 0 Å². The Labute approximate surface area is 79.6 Å². The third kappa shape index (κ3) is 1.57. The van der Waals surface area contributed by atoms with Crippen LogP contribution in [0.3, 0.4) is 0 Å². The standard InChI is InChI=1S/C7H8ClN3O2/c8-7-6(10-12)1-9-11(7)2-5-3-13-4-5/h1,5H,2-4H2. The summed E-state index contributed by atoms with van der Waals surface area (Å²) < 4.78 is 6.59. The highest BCUT2D eigenvalue weighted by Gasteiger charge is 2.21. The van der Waals surface area contributed by atoms with Gasteiger partial charge in [-0.3, -0.25) is 4.68 Å². The quantitative estimate of drug-likeness (QED) is 0.698. The summed E-state index contributed by atoms with van der Waals surface area (Å²) in [6.45, 7) is 2.16. The Morgan fingerprint density at radius 3 is 3.00 bits per heavy atom. The summed E-state index contributed by atoms with van der Waals surface area (Å²) in [6, 6.07) is 0. The Kier molecular flexibility index (Phi) is 2.28. The molecule has 1 saturated heterocycles. The van der Waals surface area contributed by atoms with Gasteiger partial charge >= 0.3 is 0 Å². The van der Waals surface area contributed by atoms with Gasteiger partial charge in [-0.25, -0.2) is 0 Å². The average Bonchev–Trinajstić information content (AvgIpc) is 2.40. The van der Waals surface area contributed by atoms with Crippen LogP contribution < -0.4 is 0 Å². The maximum absolute atomic E-state index is 10.2. The molecule has 0 radical (unpaired) electrons. The lowest BCUT2D eigenvalue weighted by molar-refractivity contribution is -0.0408. The molecule has 5 nitrogen and oxygen atoms in total. The van der Waals surface area contributed by atoms with Crippen LogP contribution in [0.25, 0.3) is 0 Å². The van der Waals surface area contributed by atoms with E-state index in [1.54, 1.807) is 4.68 Å². The first-order chi connectivity index (χ1) is 6.31. The lowest BCUT2D eigenvalue weighted by Gasteiger charge is -2.25. The van der Waals surface area contributed by atoms with Crippen molar-refractivity contribution >= 4 is 17.3 Å². The first kappa shape index (κ1) is 8.65. The summed E-state index contributed by atoms with van der Waals surface area (Å²) in [5.41, 5.74) is 0.196. The SMILES string of the molecule is O=Nc1cnn(CC2COC2)c1Cl. The van der Waals surface area contributed by atoms with E-state index >= 15 is 0 Å². The molecule has 0 aromatic carbocycles. The molecule has 1 fully saturated rings. The molecule has 70 valence electrons. The van der Waals surface area contributed by atoms with Crippen molar-refractivity contribution in [1.82, 2.24) is 9.78 Å². The van der Waals surface area contributed by atoms with Crippen LogP contribution in [0.4, 0.5) is 5.69 Å². The first-order valence-corrected chi connectivity index (χ1v) is 4.31. The lowest BCUT2D eigenvalue weighted by Crippen LogP contribution is -2.31. The summed E-state index contributed by atoms with van der Waals surface area (Å²) in [5, 5.41) is 7.00. The summed E-state index contributed by atoms with van der Waals surface area (Å²) in [4.78, 5) is 10.2. The second kappa shape index (κ2) is 3.43. The Morgan fingerprint density at radius 2 is 2.54 bits per heavy atom. The fourth-order valence-corrected chi connectivity index (χ4v) is 1.38. The van der Waals surface area contributed by atoms with Crippen LogP contribution in [0, 0.1) is 10.8 Å². The van der Waals surface area contributed by atoms with E-state index in [4.69, 9.17) is 16.3 Å². The highest BCUT2D eigenvalue weighted by atomic mass is 35.5. The van der Waals surface area contributed by atoms with Crippen LogP contribution >= 0.6 is 11.6 Å². The first-order valence-electron chi connectivity index (χ1n) is 3.93. The van der Waals surface area contributed by atoms with Gasteiger partial charge < -0.3 is 4.74 Å². The van der Waals surface area contributed by atoms with E-state index in [0.717, 1.165) is 13.2 Å². The number of nitrogens with zero attached hydrogens (tertiary/aromatic N) is 3. The molecule has 1 aromatic heterocycles. The molecule has 0 atom stereocenters. The van der Waals surface area contributed by atoms with Gasteiger partial charge in [-0.15, -0.1) is 4.91 Å². The van der Waals surface area contributed by atoms with Gasteiger partial charge in [-0.05, 0) is 5.18 Å². The number of aromatic nitrogens is 2. The van der Waals surface area contributed by atoms with Gasteiger partial charge in [0, 0.05) is 12.5 Å². The highest BCUT2D eigenvalue weighted by Crippen LogP contribution is 2.25. The van der Waals surface area contributed by atoms with Gasteiger partial charge in [0.15, 0.2) is 10.8 Å². The zero-order valence-electron chi connectivity index (χ0n) is 6.81. The van der Waals surface area contributed by atoms with Crippen LogP contribution in [0.1, 0.15) is 0 Å². The molecular weight excluding hydrogens is 194 g/mol. The zero-order valence-corrected chi connectivity index (χ0v) is 7.57. The van der Waals surface area contributed by atoms with Crippen LogP contribution in [0.5, 0.6) is 0 Å². The van der Waals surface area contributed by atoms with E-state index < -0.39 is 0 Å². The number of rotatable bonds is 3. The van der Waals surface area contributed by atoms with Gasteiger partial charge in [0.2, 0.25) is 0 Å². The van der Waals surface area contributed by atoms with Crippen molar-refractivity contribution in [3.63, 3.8) is 0 Å². The zero-order chi connectivity index (χ0) is 9.26. The third-order valence-corrected chi connectivity index (χ3v) is 2.38. The van der Waals surface area contributed by atoms with Gasteiger partial charge in [-0.2, -0.15) is 5.10 Å². The molecule has 13 heavy (non-hydrogen) atoms. The molecule has 0 saturated carbocycles. The molecule has 1 aliphatic heterocycles. The van der Waals surface area contributed by atoms with Gasteiger partial charge in [0.25, 0.3) is 0 Å². The topological polar surface area (TPSA) is 56.5 Å². The molecule has 0 spiro atoms. The van der Waals surface area contributed by atoms with E-state index in [2.05, 4.69) is 10.3 Å². The number of hydrogen-bond acceptors (Lipinski definition) is 4. The van der Waals surface area contributed by atoms with Crippen molar-refractivity contribution in [2.45, 2.75) is 6.54 Å². The fourth-order valence-electron chi connectivity index (χ4n) is 1.18. The molecule has 1 aromatic rings. The average molecular weight is 202 g/mol. The third-order valence-electron chi connectivity index (χ3n) is 1.99. The van der Waals surface area contributed by atoms with Crippen LogP contribution in [0.15, 0.2) is 11.4 Å². The smallest absolute Gasteiger partial charge is 0.164 e. The van der Waals surface area contributed by atoms with Gasteiger partial charge in [-0.1, -0.05) is 11.6 Å². The minimum absolute atomic E-state index is 0.196. The monoisotopic (exact) mass is 201 g/mol. The Bertz CT molecular complexity index is 322. The predicted octanol–water partition coefficient (Wildman–Crippen LogP) is 1.58. The Hall–Kier alpha value is -0.940. The van der Waals surface area contributed by atoms with Crippen molar-refractivity contribution in [1.29, 1.82) is 0 Å². The van der Waals surface area contributed by atoms with E-state index in [9.17, 15) is 4.91 Å². The van der Waals surface area contributed by atoms with Crippen molar-refractivity contribution in [2.75, 3.05) is 13.2 Å². The van der Waals surface area contributed by atoms with Crippen LogP contribution in [0.2, 0.25) is 5.15 Å². The lowest BCUT2D eigenvalue weighted by atomic mass is 10.1. The summed E-state index contributed by atoms with van der Waals surface area (Å²) in [6.07, 6.45) is 1.37. The van der Waals surface area contributed by atoms with Crippen LogP contribution in [-0.4, -0.2) is 23.0 Å². The van der Waals surface area contributed by atoms with Gasteiger partial charge in [0.1, 0.15) is 0 Å². The molecule has 6 heteroatoms. The molecule has 0 N–H and O–H groups in total. The molecule has 0 unspecified atom stereocenters. The molecule has 0 amide bonds. The van der Waals surface area contributed by atoms with Crippen molar-refractivity contribution in [2.24, 2.45) is 11.1 Å². The highest BCUT2D eigenvalue weighted by molar-refractivity contribution is 6.31. The minimum atomic E-state index is 0.196.